The third-order valence-corrected chi connectivity index (χ3v) is 6.78. The SMILES string of the molecule is COc1cccc(OC)c1C(=O)[P](=O)C(C)C(=O)c1c(C)cc(C(C)(C)C)cc1C. The maximum absolute atomic E-state index is 13.2. The van der Waals surface area contributed by atoms with Gasteiger partial charge in [-0.1, -0.05) is 39.0 Å². The van der Waals surface area contributed by atoms with Gasteiger partial charge in [0.15, 0.2) is 13.6 Å². The molecule has 2 atom stereocenters. The normalized spacial score (nSPS) is 12.9. The van der Waals surface area contributed by atoms with Crippen LogP contribution < -0.4 is 9.47 Å². The molecule has 0 amide bonds. The molecular weight excluding hydrogens is 399 g/mol. The molecule has 1 radical (unpaired) electrons. The minimum atomic E-state index is -2.54. The van der Waals surface area contributed by atoms with Crippen molar-refractivity contribution >= 4 is 19.1 Å². The van der Waals surface area contributed by atoms with Crippen LogP contribution in [0.25, 0.3) is 0 Å². The fourth-order valence-corrected chi connectivity index (χ4v) is 4.58. The highest BCUT2D eigenvalue weighted by molar-refractivity contribution is 7.66. The van der Waals surface area contributed by atoms with E-state index in [1.54, 1.807) is 18.2 Å². The summed E-state index contributed by atoms with van der Waals surface area (Å²) in [5, 5.41) is 0. The molecular formula is C24H30O5P. The molecule has 2 unspecified atom stereocenters. The lowest BCUT2D eigenvalue weighted by Crippen LogP contribution is -2.20. The van der Waals surface area contributed by atoms with E-state index in [0.717, 1.165) is 16.7 Å². The fraction of sp³-hybridized carbons (Fsp3) is 0.417. The lowest BCUT2D eigenvalue weighted by Gasteiger charge is -2.22. The maximum atomic E-state index is 13.2. The van der Waals surface area contributed by atoms with Crippen LogP contribution in [0.15, 0.2) is 30.3 Å². The first kappa shape index (κ1) is 23.8. The van der Waals surface area contributed by atoms with Gasteiger partial charge < -0.3 is 9.47 Å². The smallest absolute Gasteiger partial charge is 0.250 e. The van der Waals surface area contributed by atoms with Crippen LogP contribution in [0.5, 0.6) is 11.5 Å². The van der Waals surface area contributed by atoms with Crippen LogP contribution in [0, 0.1) is 13.8 Å². The summed E-state index contributed by atoms with van der Waals surface area (Å²) < 4.78 is 23.6. The van der Waals surface area contributed by atoms with Gasteiger partial charge in [-0.15, -0.1) is 0 Å². The number of carbonyl (C=O) groups excluding carboxylic acids is 2. The molecule has 5 nitrogen and oxygen atoms in total. The van der Waals surface area contributed by atoms with Gasteiger partial charge in [0.05, 0.1) is 19.9 Å². The van der Waals surface area contributed by atoms with Gasteiger partial charge in [0.2, 0.25) is 5.52 Å². The zero-order valence-electron chi connectivity index (χ0n) is 19.0. The molecule has 0 saturated heterocycles. The summed E-state index contributed by atoms with van der Waals surface area (Å²) in [6, 6.07) is 8.87. The largest absolute Gasteiger partial charge is 0.496 e. The third-order valence-electron chi connectivity index (χ3n) is 5.22. The summed E-state index contributed by atoms with van der Waals surface area (Å²) >= 11 is 0. The van der Waals surface area contributed by atoms with Crippen LogP contribution in [0.4, 0.5) is 0 Å². The van der Waals surface area contributed by atoms with Crippen LogP contribution in [0.3, 0.4) is 0 Å². The summed E-state index contributed by atoms with van der Waals surface area (Å²) in [6.45, 7) is 11.6. The zero-order chi connectivity index (χ0) is 22.8. The molecule has 2 rings (SSSR count). The molecule has 161 valence electrons. The van der Waals surface area contributed by atoms with Crippen molar-refractivity contribution in [3.05, 3.63) is 58.1 Å². The fourth-order valence-electron chi connectivity index (χ4n) is 3.45. The van der Waals surface area contributed by atoms with Gasteiger partial charge in [-0.3, -0.25) is 14.2 Å². The van der Waals surface area contributed by atoms with Crippen LogP contribution in [-0.4, -0.2) is 31.2 Å². The molecule has 6 heteroatoms. The Morgan fingerprint density at radius 3 is 1.80 bits per heavy atom. The minimum absolute atomic E-state index is 0.0513. The third kappa shape index (κ3) is 4.62. The highest BCUT2D eigenvalue weighted by Gasteiger charge is 2.33. The number of ether oxygens (including phenoxy) is 2. The van der Waals surface area contributed by atoms with Gasteiger partial charge in [-0.2, -0.15) is 0 Å². The monoisotopic (exact) mass is 429 g/mol. The average Bonchev–Trinajstić information content (AvgIpc) is 2.69. The van der Waals surface area contributed by atoms with E-state index >= 15 is 0 Å². The molecule has 2 aromatic carbocycles. The van der Waals surface area contributed by atoms with E-state index in [-0.39, 0.29) is 28.3 Å². The van der Waals surface area contributed by atoms with Crippen molar-refractivity contribution in [2.75, 3.05) is 14.2 Å². The number of hydrogen-bond donors (Lipinski definition) is 0. The Labute approximate surface area is 179 Å². The highest BCUT2D eigenvalue weighted by atomic mass is 31.1. The topological polar surface area (TPSA) is 69.7 Å². The standard InChI is InChI=1S/C24H30O5P/c1-14-12-17(24(4,5)6)13-15(2)20(14)22(25)16(3)30(27)23(26)21-18(28-7)10-9-11-19(21)29-8/h9-13,16H,1-8H3. The predicted molar refractivity (Wildman–Crippen MR) is 120 cm³/mol. The first-order valence-electron chi connectivity index (χ1n) is 9.81. The Balaban J connectivity index is 2.43. The minimum Gasteiger partial charge on any atom is -0.496 e. The number of rotatable bonds is 7. The summed E-state index contributed by atoms with van der Waals surface area (Å²) in [5.74, 6) is 0.238. The molecule has 0 saturated carbocycles. The molecule has 30 heavy (non-hydrogen) atoms. The highest BCUT2D eigenvalue weighted by Crippen LogP contribution is 2.41. The van der Waals surface area contributed by atoms with E-state index in [9.17, 15) is 14.2 Å². The summed E-state index contributed by atoms with van der Waals surface area (Å²) in [4.78, 5) is 26.3. The summed E-state index contributed by atoms with van der Waals surface area (Å²) in [7, 11) is 0.315. The second kappa shape index (κ2) is 9.09. The van der Waals surface area contributed by atoms with E-state index in [1.165, 1.54) is 21.1 Å². The van der Waals surface area contributed by atoms with Gasteiger partial charge in [0.1, 0.15) is 17.1 Å². The Hall–Kier alpha value is -2.52. The van der Waals surface area contributed by atoms with Crippen molar-refractivity contribution in [2.45, 2.75) is 52.6 Å². The first-order chi connectivity index (χ1) is 13.9. The number of benzene rings is 2. The van der Waals surface area contributed by atoms with Crippen molar-refractivity contribution in [3.63, 3.8) is 0 Å². The van der Waals surface area contributed by atoms with E-state index in [0.29, 0.717) is 5.56 Å². The van der Waals surface area contributed by atoms with Gasteiger partial charge in [-0.05, 0) is 55.0 Å². The number of ketones is 1. The van der Waals surface area contributed by atoms with Crippen LogP contribution in [0.1, 0.15) is 65.1 Å². The van der Waals surface area contributed by atoms with Gasteiger partial charge >= 0.3 is 0 Å². The number of aryl methyl sites for hydroxylation is 2. The van der Waals surface area contributed by atoms with Crippen molar-refractivity contribution in [1.82, 2.24) is 0 Å². The molecule has 0 fully saturated rings. The van der Waals surface area contributed by atoms with Crippen molar-refractivity contribution < 1.29 is 23.6 Å². The van der Waals surface area contributed by atoms with Crippen molar-refractivity contribution in [2.24, 2.45) is 0 Å². The van der Waals surface area contributed by atoms with Gasteiger partial charge in [0.25, 0.3) is 0 Å². The van der Waals surface area contributed by atoms with E-state index < -0.39 is 19.0 Å². The second-order valence-electron chi connectivity index (χ2n) is 8.44. The Morgan fingerprint density at radius 1 is 0.933 bits per heavy atom. The lowest BCUT2D eigenvalue weighted by molar-refractivity contribution is 0.0980. The summed E-state index contributed by atoms with van der Waals surface area (Å²) in [5.41, 5.74) is 1.72. The Morgan fingerprint density at radius 2 is 1.40 bits per heavy atom. The van der Waals surface area contributed by atoms with Gasteiger partial charge in [0, 0.05) is 5.56 Å². The Kier molecular flexibility index (Phi) is 7.20. The molecule has 0 aliphatic heterocycles. The van der Waals surface area contributed by atoms with Crippen LogP contribution >= 0.6 is 7.80 Å². The molecule has 0 aliphatic rings. The van der Waals surface area contributed by atoms with Crippen LogP contribution in [0.2, 0.25) is 0 Å². The molecule has 2 aromatic rings. The number of carbonyl (C=O) groups is 2. The van der Waals surface area contributed by atoms with E-state index in [1.807, 2.05) is 26.0 Å². The molecule has 0 spiro atoms. The van der Waals surface area contributed by atoms with E-state index in [4.69, 9.17) is 9.47 Å². The average molecular weight is 429 g/mol. The van der Waals surface area contributed by atoms with Gasteiger partial charge in [-0.25, -0.2) is 0 Å². The van der Waals surface area contributed by atoms with E-state index in [2.05, 4.69) is 20.8 Å². The first-order valence-corrected chi connectivity index (χ1v) is 11.1. The van der Waals surface area contributed by atoms with Crippen molar-refractivity contribution in [3.8, 4) is 11.5 Å². The summed E-state index contributed by atoms with van der Waals surface area (Å²) in [6.07, 6.45) is 0. The maximum Gasteiger partial charge on any atom is 0.250 e. The lowest BCUT2D eigenvalue weighted by atomic mass is 9.83. The number of hydrogen-bond acceptors (Lipinski definition) is 5. The quantitative estimate of drug-likeness (QED) is 0.407. The van der Waals surface area contributed by atoms with Crippen molar-refractivity contribution in [1.29, 1.82) is 0 Å². The van der Waals surface area contributed by atoms with Crippen LogP contribution in [-0.2, 0) is 9.98 Å². The number of methoxy groups -OCH3 is 2. The number of Topliss-reactive ketones (excluding diaryl/α,β-unsaturated/α-hetero) is 1. The Bertz CT molecular complexity index is 956. The molecule has 0 heterocycles. The molecule has 0 aliphatic carbocycles. The molecule has 0 aromatic heterocycles. The zero-order valence-corrected chi connectivity index (χ0v) is 19.8. The molecule has 0 N–H and O–H groups in total. The molecule has 0 bridgehead atoms. The second-order valence-corrected chi connectivity index (χ2v) is 10.3. The predicted octanol–water partition coefficient (Wildman–Crippen LogP) is 5.86.